The van der Waals surface area contributed by atoms with Crippen LogP contribution in [0.2, 0.25) is 0 Å². The number of nitrogens with zero attached hydrogens (tertiary/aromatic N) is 1. The lowest BCUT2D eigenvalue weighted by Crippen LogP contribution is -2.20. The molecule has 2 aliphatic rings. The number of aryl methyl sites for hydroxylation is 1. The summed E-state index contributed by atoms with van der Waals surface area (Å²) < 4.78 is 46.7. The van der Waals surface area contributed by atoms with Crippen molar-refractivity contribution in [1.29, 1.82) is 0 Å². The first kappa shape index (κ1) is 28.4. The van der Waals surface area contributed by atoms with Crippen LogP contribution in [0.5, 0.6) is 5.75 Å². The van der Waals surface area contributed by atoms with Crippen LogP contribution in [0.25, 0.3) is 5.57 Å². The quantitative estimate of drug-likeness (QED) is 0.304. The average Bonchev–Trinajstić information content (AvgIpc) is 2.89. The van der Waals surface area contributed by atoms with Crippen molar-refractivity contribution in [3.63, 3.8) is 0 Å². The first-order valence-corrected chi connectivity index (χ1v) is 12.9. The van der Waals surface area contributed by atoms with Crippen molar-refractivity contribution in [3.05, 3.63) is 119 Å². The number of anilines is 1. The number of ether oxygens (including phenoxy) is 1. The fraction of sp³-hybridized carbons (Fsp3) is 0.188. The Morgan fingerprint density at radius 2 is 1.73 bits per heavy atom. The fourth-order valence-corrected chi connectivity index (χ4v) is 4.49. The van der Waals surface area contributed by atoms with Crippen molar-refractivity contribution in [2.45, 2.75) is 39.9 Å². The fourth-order valence-electron chi connectivity index (χ4n) is 4.49. The molecule has 0 radical (unpaired) electrons. The van der Waals surface area contributed by atoms with Gasteiger partial charge >= 0.3 is 12.1 Å². The van der Waals surface area contributed by atoms with E-state index in [0.717, 1.165) is 40.0 Å². The number of hydrogen-bond acceptors (Lipinski definition) is 3. The number of fused-ring (bicyclic) bond motifs is 1. The first-order valence-electron chi connectivity index (χ1n) is 12.9. The highest BCUT2D eigenvalue weighted by Crippen LogP contribution is 2.42. The van der Waals surface area contributed by atoms with Gasteiger partial charge in [0, 0.05) is 28.9 Å². The number of carbonyl (C=O) groups is 1. The topological polar surface area (TPSA) is 61.6 Å². The smallest absolute Gasteiger partial charge is 0.416 e. The first-order chi connectivity index (χ1) is 19.0. The Hall–Kier alpha value is -4.59. The lowest BCUT2D eigenvalue weighted by Gasteiger charge is -2.27. The molecule has 206 valence electrons. The number of para-hydroxylation sites is 1. The molecule has 2 aliphatic heterocycles. The summed E-state index contributed by atoms with van der Waals surface area (Å²) in [5.74, 6) is 0.161. The molecule has 0 spiro atoms. The summed E-state index contributed by atoms with van der Waals surface area (Å²) in [6, 6.07) is 15.3. The monoisotopic (exact) mass is 547 g/mol. The minimum atomic E-state index is -4.38. The van der Waals surface area contributed by atoms with Crippen LogP contribution in [0.4, 0.5) is 24.5 Å². The van der Waals surface area contributed by atoms with Gasteiger partial charge in [-0.1, -0.05) is 38.6 Å². The van der Waals surface area contributed by atoms with Gasteiger partial charge in [0.1, 0.15) is 17.1 Å². The largest absolute Gasteiger partial charge is 0.478 e. The maximum atomic E-state index is 12.9. The van der Waals surface area contributed by atoms with Crippen LogP contribution in [0.3, 0.4) is 0 Å². The summed E-state index contributed by atoms with van der Waals surface area (Å²) >= 11 is 0. The van der Waals surface area contributed by atoms with Gasteiger partial charge in [-0.2, -0.15) is 17.7 Å². The van der Waals surface area contributed by atoms with E-state index in [4.69, 9.17) is 4.74 Å². The zero-order valence-corrected chi connectivity index (χ0v) is 22.6. The third kappa shape index (κ3) is 5.71. The molecule has 0 fully saturated rings. The summed E-state index contributed by atoms with van der Waals surface area (Å²) in [5, 5.41) is 12.9. The number of benzene rings is 3. The van der Waals surface area contributed by atoms with E-state index in [1.807, 2.05) is 45.9 Å². The Kier molecular flexibility index (Phi) is 8.00. The molecule has 0 saturated carbocycles. The Morgan fingerprint density at radius 1 is 1.07 bits per heavy atom. The van der Waals surface area contributed by atoms with Crippen LogP contribution in [-0.4, -0.2) is 21.9 Å². The van der Waals surface area contributed by atoms with E-state index in [-0.39, 0.29) is 11.6 Å². The highest BCUT2D eigenvalue weighted by Gasteiger charge is 2.32. The molecule has 1 atom stereocenters. The minimum Gasteiger partial charge on any atom is -0.478 e. The van der Waals surface area contributed by atoms with Crippen LogP contribution in [-0.2, 0) is 6.18 Å². The highest BCUT2D eigenvalue weighted by molar-refractivity contribution is 5.94. The van der Waals surface area contributed by atoms with Crippen molar-refractivity contribution in [2.24, 2.45) is 0 Å². The van der Waals surface area contributed by atoms with E-state index in [1.165, 1.54) is 12.1 Å². The van der Waals surface area contributed by atoms with Crippen LogP contribution in [0, 0.1) is 6.92 Å². The minimum absolute atomic E-state index is 0.171. The standard InChI is InChI=1S/C30H23F3N2O3.C2H6/c1-17-12-24-18(2)14-27(20-15-35(16-20)22-10-8-21(9-11-22)30(31,32)33)38-28(24)25(13-17)19(3)34-26-7-5-4-6-23(26)29(36)37;1-2/h4-16,19,34H,2H2,1,3H3;1-2H3/p+1. The van der Waals surface area contributed by atoms with Gasteiger partial charge in [-0.25, -0.2) is 4.79 Å². The Balaban J connectivity index is 0.00000181. The number of halogens is 3. The van der Waals surface area contributed by atoms with E-state index >= 15 is 0 Å². The second kappa shape index (κ2) is 11.3. The molecule has 8 heteroatoms. The van der Waals surface area contributed by atoms with Gasteiger partial charge in [0.25, 0.3) is 0 Å². The number of hydrogen-bond donors (Lipinski definition) is 2. The van der Waals surface area contributed by atoms with Crippen LogP contribution >= 0.6 is 0 Å². The zero-order chi connectivity index (χ0) is 29.2. The lowest BCUT2D eigenvalue weighted by molar-refractivity contribution is -0.367. The summed E-state index contributed by atoms with van der Waals surface area (Å²) in [5.41, 5.74) is 4.77. The highest BCUT2D eigenvalue weighted by atomic mass is 19.4. The van der Waals surface area contributed by atoms with Crippen molar-refractivity contribution in [3.8, 4) is 5.75 Å². The van der Waals surface area contributed by atoms with Crippen molar-refractivity contribution in [2.75, 3.05) is 5.32 Å². The number of aromatic carboxylic acids is 1. The number of rotatable bonds is 6. The van der Waals surface area contributed by atoms with Gasteiger partial charge in [-0.3, -0.25) is 0 Å². The van der Waals surface area contributed by atoms with Gasteiger partial charge in [-0.15, -0.1) is 0 Å². The lowest BCUT2D eigenvalue weighted by atomic mass is 9.93. The molecule has 0 aliphatic carbocycles. The molecule has 0 aromatic heterocycles. The Morgan fingerprint density at radius 3 is 2.35 bits per heavy atom. The summed E-state index contributed by atoms with van der Waals surface area (Å²) in [6.07, 6.45) is 1.01. The SMILES string of the molecule is C=C1C=C(C2=C[N+](c3ccc(C(F)(F)F)cc3)=C2)Oc2c1cc(C)cc2C(C)Nc1ccccc1C(=O)O.CC. The molecule has 5 nitrogen and oxygen atoms in total. The molecule has 0 bridgehead atoms. The molecule has 40 heavy (non-hydrogen) atoms. The van der Waals surface area contributed by atoms with Crippen molar-refractivity contribution in [1.82, 2.24) is 0 Å². The molecule has 0 amide bonds. The molecule has 0 saturated heterocycles. The maximum Gasteiger partial charge on any atom is 0.416 e. The van der Waals surface area contributed by atoms with E-state index in [9.17, 15) is 23.1 Å². The third-order valence-electron chi connectivity index (χ3n) is 6.45. The summed E-state index contributed by atoms with van der Waals surface area (Å²) in [6.45, 7) is 12.1. The van der Waals surface area contributed by atoms with Crippen LogP contribution in [0.1, 0.15) is 59.4 Å². The van der Waals surface area contributed by atoms with E-state index < -0.39 is 17.7 Å². The number of carboxylic acid groups (broad SMARTS) is 1. The zero-order valence-electron chi connectivity index (χ0n) is 22.6. The number of carboxylic acids is 1. The van der Waals surface area contributed by atoms with E-state index in [0.29, 0.717) is 22.9 Å². The van der Waals surface area contributed by atoms with Gasteiger partial charge in [0.2, 0.25) is 5.69 Å². The van der Waals surface area contributed by atoms with Crippen LogP contribution in [0.15, 0.2) is 90.9 Å². The molecular weight excluding hydrogens is 517 g/mol. The molecule has 3 aromatic carbocycles. The molecule has 2 heterocycles. The average molecular weight is 548 g/mol. The Labute approximate surface area is 231 Å². The molecule has 5 rings (SSSR count). The van der Waals surface area contributed by atoms with Crippen molar-refractivity contribution < 1.29 is 32.4 Å². The van der Waals surface area contributed by atoms with Gasteiger partial charge in [-0.05, 0) is 61.4 Å². The number of nitrogens with one attached hydrogen (secondary N) is 1. The number of allylic oxidation sites excluding steroid dienone is 3. The summed E-state index contributed by atoms with van der Waals surface area (Å²) in [7, 11) is 0. The van der Waals surface area contributed by atoms with Gasteiger partial charge in [0.15, 0.2) is 12.4 Å². The van der Waals surface area contributed by atoms with Gasteiger partial charge in [0.05, 0.1) is 17.2 Å². The normalized spacial score (nSPS) is 14.7. The molecule has 2 N–H and O–H groups in total. The predicted molar refractivity (Wildman–Crippen MR) is 151 cm³/mol. The second-order valence-corrected chi connectivity index (χ2v) is 9.25. The van der Waals surface area contributed by atoms with E-state index in [1.54, 1.807) is 41.3 Å². The third-order valence-corrected chi connectivity index (χ3v) is 6.45. The molecule has 3 aromatic rings. The predicted octanol–water partition coefficient (Wildman–Crippen LogP) is 8.51. The summed E-state index contributed by atoms with van der Waals surface area (Å²) in [4.78, 5) is 11.7. The number of alkyl halides is 3. The van der Waals surface area contributed by atoms with Crippen molar-refractivity contribution >= 4 is 29.1 Å². The Bertz CT molecular complexity index is 1570. The molecular formula is C32H30F3N2O3+. The van der Waals surface area contributed by atoms with Gasteiger partial charge < -0.3 is 15.2 Å². The molecule has 1 unspecified atom stereocenters. The van der Waals surface area contributed by atoms with E-state index in [2.05, 4.69) is 11.9 Å². The second-order valence-electron chi connectivity index (χ2n) is 9.25. The maximum absolute atomic E-state index is 12.9. The van der Waals surface area contributed by atoms with Crippen LogP contribution < -0.4 is 10.1 Å².